The van der Waals surface area contributed by atoms with Gasteiger partial charge in [0.1, 0.15) is 0 Å². The summed E-state index contributed by atoms with van der Waals surface area (Å²) in [4.78, 5) is 2.21. The predicted octanol–water partition coefficient (Wildman–Crippen LogP) is 0.302. The van der Waals surface area contributed by atoms with Crippen LogP contribution < -0.4 is 5.73 Å². The number of hydrogen-bond donors (Lipinski definition) is 1. The van der Waals surface area contributed by atoms with Gasteiger partial charge in [-0.05, 0) is 32.9 Å². The van der Waals surface area contributed by atoms with Gasteiger partial charge < -0.3 is 15.4 Å². The van der Waals surface area contributed by atoms with Crippen LogP contribution in [0.1, 0.15) is 12.8 Å². The smallest absolute Gasteiger partial charge is 0.0509 e. The second-order valence-electron chi connectivity index (χ2n) is 3.74. The van der Waals surface area contributed by atoms with E-state index < -0.39 is 0 Å². The second kappa shape index (κ2) is 4.80. The monoisotopic (exact) mass is 172 g/mol. The molecule has 2 N–H and O–H groups in total. The van der Waals surface area contributed by atoms with Crippen molar-refractivity contribution in [1.29, 1.82) is 0 Å². The molecule has 3 heteroatoms. The summed E-state index contributed by atoms with van der Waals surface area (Å²) in [6, 6.07) is 0.491. The Kier molecular flexibility index (Phi) is 3.98. The van der Waals surface area contributed by atoms with E-state index in [1.807, 2.05) is 0 Å². The summed E-state index contributed by atoms with van der Waals surface area (Å²) >= 11 is 0. The van der Waals surface area contributed by atoms with Crippen molar-refractivity contribution < 1.29 is 4.74 Å². The van der Waals surface area contributed by atoms with Gasteiger partial charge in [-0.2, -0.15) is 0 Å². The fourth-order valence-electron chi connectivity index (χ4n) is 1.89. The summed E-state index contributed by atoms with van der Waals surface area (Å²) in [5, 5.41) is 0. The quantitative estimate of drug-likeness (QED) is 0.665. The molecule has 2 unspecified atom stereocenters. The molecular weight excluding hydrogens is 152 g/mol. The van der Waals surface area contributed by atoms with Gasteiger partial charge in [0.15, 0.2) is 0 Å². The van der Waals surface area contributed by atoms with Crippen molar-refractivity contribution >= 4 is 0 Å². The Bertz CT molecular complexity index is 122. The molecule has 0 aromatic carbocycles. The number of likely N-dealkylation sites (N-methyl/N-ethyl adjacent to an activating group) is 1. The third kappa shape index (κ3) is 2.44. The molecule has 0 saturated carbocycles. The number of hydrogen-bond acceptors (Lipinski definition) is 3. The van der Waals surface area contributed by atoms with Gasteiger partial charge in [-0.1, -0.05) is 0 Å². The van der Waals surface area contributed by atoms with Gasteiger partial charge in [-0.15, -0.1) is 0 Å². The molecule has 1 heterocycles. The molecule has 0 amide bonds. The minimum absolute atomic E-state index is 0.491. The van der Waals surface area contributed by atoms with Crippen LogP contribution in [-0.2, 0) is 4.74 Å². The van der Waals surface area contributed by atoms with Crippen LogP contribution in [0.25, 0.3) is 0 Å². The molecule has 1 rings (SSSR count). The predicted molar refractivity (Wildman–Crippen MR) is 50.1 cm³/mol. The Balaban J connectivity index is 2.40. The number of nitrogens with two attached hydrogens (primary N) is 1. The summed E-state index contributed by atoms with van der Waals surface area (Å²) in [5.41, 5.74) is 5.71. The Labute approximate surface area is 74.9 Å². The molecule has 12 heavy (non-hydrogen) atoms. The van der Waals surface area contributed by atoms with E-state index in [0.717, 1.165) is 19.8 Å². The van der Waals surface area contributed by atoms with Crippen LogP contribution in [0.3, 0.4) is 0 Å². The average molecular weight is 172 g/mol. The molecule has 1 saturated heterocycles. The van der Waals surface area contributed by atoms with Gasteiger partial charge >= 0.3 is 0 Å². The topological polar surface area (TPSA) is 38.5 Å². The van der Waals surface area contributed by atoms with Gasteiger partial charge in [-0.3, -0.25) is 0 Å². The van der Waals surface area contributed by atoms with Crippen LogP contribution >= 0.6 is 0 Å². The van der Waals surface area contributed by atoms with E-state index in [2.05, 4.69) is 19.0 Å². The van der Waals surface area contributed by atoms with Crippen LogP contribution in [0.15, 0.2) is 0 Å². The van der Waals surface area contributed by atoms with Crippen LogP contribution in [-0.4, -0.2) is 44.8 Å². The fraction of sp³-hybridized carbons (Fsp3) is 1.00. The van der Waals surface area contributed by atoms with Gasteiger partial charge in [0.25, 0.3) is 0 Å². The highest BCUT2D eigenvalue weighted by Gasteiger charge is 2.24. The van der Waals surface area contributed by atoms with Crippen molar-refractivity contribution in [3.63, 3.8) is 0 Å². The molecule has 0 aliphatic carbocycles. The van der Waals surface area contributed by atoms with Crippen LogP contribution in [0.4, 0.5) is 0 Å². The van der Waals surface area contributed by atoms with Gasteiger partial charge in [0, 0.05) is 19.2 Å². The van der Waals surface area contributed by atoms with Crippen LogP contribution in [0.5, 0.6) is 0 Å². The van der Waals surface area contributed by atoms with E-state index in [9.17, 15) is 0 Å². The van der Waals surface area contributed by atoms with Crippen molar-refractivity contribution in [2.45, 2.75) is 18.9 Å². The zero-order valence-electron chi connectivity index (χ0n) is 8.12. The SMILES string of the molecule is CN(C)C(CN)C1CCCOC1. The lowest BCUT2D eigenvalue weighted by Gasteiger charge is -2.33. The first-order valence-corrected chi connectivity index (χ1v) is 4.70. The Morgan fingerprint density at radius 2 is 2.33 bits per heavy atom. The first-order valence-electron chi connectivity index (χ1n) is 4.70. The molecule has 1 aliphatic heterocycles. The van der Waals surface area contributed by atoms with Gasteiger partial charge in [-0.25, -0.2) is 0 Å². The molecule has 1 fully saturated rings. The summed E-state index contributed by atoms with van der Waals surface area (Å²) < 4.78 is 5.43. The number of rotatable bonds is 3. The number of nitrogens with zero attached hydrogens (tertiary/aromatic N) is 1. The average Bonchev–Trinajstić information content (AvgIpc) is 2.07. The Morgan fingerprint density at radius 1 is 1.58 bits per heavy atom. The van der Waals surface area contributed by atoms with Gasteiger partial charge in [0.2, 0.25) is 0 Å². The van der Waals surface area contributed by atoms with E-state index in [1.165, 1.54) is 12.8 Å². The zero-order chi connectivity index (χ0) is 8.97. The molecule has 0 bridgehead atoms. The zero-order valence-corrected chi connectivity index (χ0v) is 8.12. The molecule has 2 atom stereocenters. The highest BCUT2D eigenvalue weighted by Crippen LogP contribution is 2.19. The van der Waals surface area contributed by atoms with Crippen molar-refractivity contribution in [2.24, 2.45) is 11.7 Å². The largest absolute Gasteiger partial charge is 0.381 e. The minimum atomic E-state index is 0.491. The third-order valence-corrected chi connectivity index (χ3v) is 2.64. The lowest BCUT2D eigenvalue weighted by atomic mass is 9.93. The summed E-state index contributed by atoms with van der Waals surface area (Å²) in [6.45, 7) is 2.56. The highest BCUT2D eigenvalue weighted by atomic mass is 16.5. The first-order chi connectivity index (χ1) is 5.75. The van der Waals surface area contributed by atoms with E-state index in [0.29, 0.717) is 12.0 Å². The Morgan fingerprint density at radius 3 is 2.75 bits per heavy atom. The maximum atomic E-state index is 5.71. The van der Waals surface area contributed by atoms with Crippen molar-refractivity contribution in [3.05, 3.63) is 0 Å². The van der Waals surface area contributed by atoms with E-state index in [-0.39, 0.29) is 0 Å². The lowest BCUT2D eigenvalue weighted by Crippen LogP contribution is -2.44. The first kappa shape index (κ1) is 9.96. The highest BCUT2D eigenvalue weighted by molar-refractivity contribution is 4.78. The normalized spacial score (nSPS) is 27.5. The molecule has 0 aromatic rings. The maximum absolute atomic E-state index is 5.71. The van der Waals surface area contributed by atoms with Gasteiger partial charge in [0.05, 0.1) is 6.61 Å². The second-order valence-corrected chi connectivity index (χ2v) is 3.74. The fourth-order valence-corrected chi connectivity index (χ4v) is 1.89. The van der Waals surface area contributed by atoms with E-state index in [4.69, 9.17) is 10.5 Å². The third-order valence-electron chi connectivity index (χ3n) is 2.64. The number of ether oxygens (including phenoxy) is 1. The maximum Gasteiger partial charge on any atom is 0.0509 e. The van der Waals surface area contributed by atoms with Crippen LogP contribution in [0.2, 0.25) is 0 Å². The molecule has 1 aliphatic rings. The van der Waals surface area contributed by atoms with Crippen molar-refractivity contribution in [3.8, 4) is 0 Å². The van der Waals surface area contributed by atoms with E-state index >= 15 is 0 Å². The molecule has 0 aromatic heterocycles. The minimum Gasteiger partial charge on any atom is -0.381 e. The molecular formula is C9H20N2O. The van der Waals surface area contributed by atoms with Crippen molar-refractivity contribution in [2.75, 3.05) is 33.9 Å². The molecule has 0 spiro atoms. The lowest BCUT2D eigenvalue weighted by molar-refractivity contribution is 0.0223. The summed E-state index contributed by atoms with van der Waals surface area (Å²) in [7, 11) is 4.18. The van der Waals surface area contributed by atoms with Crippen LogP contribution in [0, 0.1) is 5.92 Å². The summed E-state index contributed by atoms with van der Waals surface area (Å²) in [5.74, 6) is 0.638. The van der Waals surface area contributed by atoms with Crippen molar-refractivity contribution in [1.82, 2.24) is 4.90 Å². The Hall–Kier alpha value is -0.120. The standard InChI is InChI=1S/C9H20N2O/c1-11(2)9(6-10)8-4-3-5-12-7-8/h8-9H,3-7,10H2,1-2H3. The molecule has 72 valence electrons. The molecule has 3 nitrogen and oxygen atoms in total. The molecule has 0 radical (unpaired) electrons. The van der Waals surface area contributed by atoms with E-state index in [1.54, 1.807) is 0 Å². The summed E-state index contributed by atoms with van der Waals surface area (Å²) in [6.07, 6.45) is 2.45.